The van der Waals surface area contributed by atoms with Crippen molar-refractivity contribution in [2.75, 3.05) is 5.88 Å². The first-order chi connectivity index (χ1) is 8.11. The molecule has 1 heterocycles. The quantitative estimate of drug-likeness (QED) is 0.625. The predicted octanol–water partition coefficient (Wildman–Crippen LogP) is 4.19. The van der Waals surface area contributed by atoms with E-state index in [-0.39, 0.29) is 11.7 Å². The van der Waals surface area contributed by atoms with Crippen molar-refractivity contribution in [3.05, 3.63) is 39.2 Å². The van der Waals surface area contributed by atoms with Crippen LogP contribution in [0.1, 0.15) is 14.7 Å². The number of ketones is 1. The van der Waals surface area contributed by atoms with Crippen LogP contribution < -0.4 is 0 Å². The van der Waals surface area contributed by atoms with Gasteiger partial charge in [0.25, 0.3) is 0 Å². The molecule has 0 fully saturated rings. The van der Waals surface area contributed by atoms with Crippen LogP contribution in [0.5, 0.6) is 0 Å². The molecule has 0 bridgehead atoms. The number of hydrogen-bond acceptors (Lipinski definition) is 3. The smallest absolute Gasteiger partial charge is 0.206 e. The highest BCUT2D eigenvalue weighted by Crippen LogP contribution is 2.28. The van der Waals surface area contributed by atoms with E-state index in [1.54, 1.807) is 12.1 Å². The molecule has 0 unspecified atom stereocenters. The van der Waals surface area contributed by atoms with Gasteiger partial charge >= 0.3 is 0 Å². The third-order valence-corrected chi connectivity index (χ3v) is 3.78. The zero-order valence-electron chi connectivity index (χ0n) is 9.04. The van der Waals surface area contributed by atoms with E-state index in [0.717, 1.165) is 16.1 Å². The summed E-state index contributed by atoms with van der Waals surface area (Å²) < 4.78 is 0. The highest BCUT2D eigenvalue weighted by Gasteiger charge is 2.14. The number of carbonyl (C=O) groups is 1. The first kappa shape index (κ1) is 12.6. The molecular weight excluding hydrogens is 277 g/mol. The molecule has 17 heavy (non-hydrogen) atoms. The molecule has 0 saturated carbocycles. The van der Waals surface area contributed by atoms with Crippen LogP contribution >= 0.6 is 34.5 Å². The number of alkyl halides is 1. The van der Waals surface area contributed by atoms with Gasteiger partial charge in [0.15, 0.2) is 5.01 Å². The maximum Gasteiger partial charge on any atom is 0.206 e. The van der Waals surface area contributed by atoms with Crippen molar-refractivity contribution in [1.29, 1.82) is 0 Å². The lowest BCUT2D eigenvalue weighted by atomic mass is 10.1. The number of thiazole rings is 1. The Bertz CT molecular complexity index is 548. The maximum atomic E-state index is 11.5. The van der Waals surface area contributed by atoms with E-state index >= 15 is 0 Å². The first-order valence-corrected chi connectivity index (χ1v) is 6.67. The van der Waals surface area contributed by atoms with Crippen LogP contribution in [0.3, 0.4) is 0 Å². The minimum atomic E-state index is -0.139. The van der Waals surface area contributed by atoms with Gasteiger partial charge in [-0.05, 0) is 19.1 Å². The Hall–Kier alpha value is -0.900. The summed E-state index contributed by atoms with van der Waals surface area (Å²) in [6.45, 7) is 1.94. The number of Topliss-reactive ketones (excluding diaryl/α,β-unsaturated/α-hetero) is 1. The zero-order valence-corrected chi connectivity index (χ0v) is 11.4. The largest absolute Gasteiger partial charge is 0.290 e. The molecule has 0 amide bonds. The van der Waals surface area contributed by atoms with Crippen LogP contribution in [-0.4, -0.2) is 16.6 Å². The van der Waals surface area contributed by atoms with Gasteiger partial charge in [-0.3, -0.25) is 4.79 Å². The number of carbonyl (C=O) groups excluding carboxylic acids is 1. The van der Waals surface area contributed by atoms with E-state index in [1.165, 1.54) is 11.3 Å². The molecule has 5 heteroatoms. The summed E-state index contributed by atoms with van der Waals surface area (Å²) in [5.74, 6) is -0.174. The number of nitrogens with zero attached hydrogens (tertiary/aromatic N) is 1. The lowest BCUT2D eigenvalue weighted by Crippen LogP contribution is -1.98. The fourth-order valence-corrected chi connectivity index (χ4v) is 2.65. The zero-order chi connectivity index (χ0) is 12.4. The summed E-state index contributed by atoms with van der Waals surface area (Å²) in [6, 6.07) is 7.39. The SMILES string of the molecule is Cc1sc(C(=O)CCl)nc1-c1ccc(Cl)cc1. The molecule has 1 aromatic carbocycles. The van der Waals surface area contributed by atoms with Gasteiger partial charge in [0.1, 0.15) is 0 Å². The van der Waals surface area contributed by atoms with Gasteiger partial charge < -0.3 is 0 Å². The molecule has 1 aromatic heterocycles. The highest BCUT2D eigenvalue weighted by atomic mass is 35.5. The first-order valence-electron chi connectivity index (χ1n) is 4.94. The molecule has 2 rings (SSSR count). The minimum absolute atomic E-state index is 0.0347. The molecule has 0 aliphatic carbocycles. The molecule has 2 nitrogen and oxygen atoms in total. The lowest BCUT2D eigenvalue weighted by molar-refractivity contribution is 0.102. The van der Waals surface area contributed by atoms with Crippen molar-refractivity contribution in [2.45, 2.75) is 6.92 Å². The molecule has 0 atom stereocenters. The predicted molar refractivity (Wildman–Crippen MR) is 72.3 cm³/mol. The topological polar surface area (TPSA) is 30.0 Å². The van der Waals surface area contributed by atoms with Crippen LogP contribution in [0.4, 0.5) is 0 Å². The van der Waals surface area contributed by atoms with E-state index in [9.17, 15) is 4.79 Å². The molecule has 0 aliphatic rings. The van der Waals surface area contributed by atoms with Gasteiger partial charge in [0.2, 0.25) is 5.78 Å². The van der Waals surface area contributed by atoms with Gasteiger partial charge in [-0.25, -0.2) is 4.98 Å². The Morgan fingerprint density at radius 3 is 2.59 bits per heavy atom. The monoisotopic (exact) mass is 285 g/mol. The number of aryl methyl sites for hydroxylation is 1. The average molecular weight is 286 g/mol. The molecule has 0 N–H and O–H groups in total. The number of hydrogen-bond donors (Lipinski definition) is 0. The Kier molecular flexibility index (Phi) is 3.82. The normalized spacial score (nSPS) is 10.5. The molecule has 0 aliphatic heterocycles. The van der Waals surface area contributed by atoms with E-state index < -0.39 is 0 Å². The van der Waals surface area contributed by atoms with E-state index in [0.29, 0.717) is 10.0 Å². The third kappa shape index (κ3) is 2.68. The number of benzene rings is 1. The Balaban J connectivity index is 2.42. The van der Waals surface area contributed by atoms with Gasteiger partial charge in [0.05, 0.1) is 11.6 Å². The van der Waals surface area contributed by atoms with Gasteiger partial charge in [-0.1, -0.05) is 23.7 Å². The summed E-state index contributed by atoms with van der Waals surface area (Å²) in [5, 5.41) is 1.14. The number of aromatic nitrogens is 1. The van der Waals surface area contributed by atoms with E-state index in [1.807, 2.05) is 19.1 Å². The average Bonchev–Trinajstić information content (AvgIpc) is 2.71. The van der Waals surface area contributed by atoms with Crippen LogP contribution in [0.25, 0.3) is 11.3 Å². The molecule has 88 valence electrons. The van der Waals surface area contributed by atoms with Crippen molar-refractivity contribution < 1.29 is 4.79 Å². The van der Waals surface area contributed by atoms with E-state index in [2.05, 4.69) is 4.98 Å². The Morgan fingerprint density at radius 2 is 2.00 bits per heavy atom. The van der Waals surface area contributed by atoms with Crippen LogP contribution in [0.2, 0.25) is 5.02 Å². The summed E-state index contributed by atoms with van der Waals surface area (Å²) in [4.78, 5) is 16.8. The van der Waals surface area contributed by atoms with Crippen LogP contribution in [0.15, 0.2) is 24.3 Å². The summed E-state index contributed by atoms with van der Waals surface area (Å²) in [6.07, 6.45) is 0. The fourth-order valence-electron chi connectivity index (χ4n) is 1.45. The fraction of sp³-hybridized carbons (Fsp3) is 0.167. The summed E-state index contributed by atoms with van der Waals surface area (Å²) in [7, 11) is 0. The van der Waals surface area contributed by atoms with Gasteiger partial charge in [-0.2, -0.15) is 0 Å². The Labute approximate surface area is 113 Å². The van der Waals surface area contributed by atoms with Crippen LogP contribution in [0, 0.1) is 6.92 Å². The molecule has 0 saturated heterocycles. The van der Waals surface area contributed by atoms with Gasteiger partial charge in [0, 0.05) is 15.5 Å². The lowest BCUT2D eigenvalue weighted by Gasteiger charge is -1.98. The third-order valence-electron chi connectivity index (χ3n) is 2.27. The van der Waals surface area contributed by atoms with Gasteiger partial charge in [-0.15, -0.1) is 22.9 Å². The van der Waals surface area contributed by atoms with Crippen LogP contribution in [-0.2, 0) is 0 Å². The minimum Gasteiger partial charge on any atom is -0.290 e. The second-order valence-electron chi connectivity index (χ2n) is 3.49. The van der Waals surface area contributed by atoms with Crippen molar-refractivity contribution in [3.63, 3.8) is 0 Å². The van der Waals surface area contributed by atoms with Crippen molar-refractivity contribution in [1.82, 2.24) is 4.98 Å². The number of rotatable bonds is 3. The second kappa shape index (κ2) is 5.17. The standard InChI is InChI=1S/C12H9Cl2NOS/c1-7-11(8-2-4-9(14)5-3-8)15-12(17-7)10(16)6-13/h2-5H,6H2,1H3. The van der Waals surface area contributed by atoms with Crippen molar-refractivity contribution in [3.8, 4) is 11.3 Å². The summed E-state index contributed by atoms with van der Waals surface area (Å²) >= 11 is 12.7. The maximum absolute atomic E-state index is 11.5. The highest BCUT2D eigenvalue weighted by molar-refractivity contribution is 7.14. The summed E-state index contributed by atoms with van der Waals surface area (Å²) in [5.41, 5.74) is 1.77. The second-order valence-corrected chi connectivity index (χ2v) is 5.39. The molecule has 0 spiro atoms. The van der Waals surface area contributed by atoms with E-state index in [4.69, 9.17) is 23.2 Å². The number of halogens is 2. The molecule has 0 radical (unpaired) electrons. The molecular formula is C12H9Cl2NOS. The van der Waals surface area contributed by atoms with Crippen molar-refractivity contribution in [2.24, 2.45) is 0 Å². The molecule has 2 aromatic rings. The van der Waals surface area contributed by atoms with Crippen molar-refractivity contribution >= 4 is 40.3 Å². The Morgan fingerprint density at radius 1 is 1.35 bits per heavy atom.